The summed E-state index contributed by atoms with van der Waals surface area (Å²) in [7, 11) is 0. The standard InChI is InChI=1S/C30H34N4O2S/c1-18(2)21-12-13-34(17-21)30(35)33-26-10-9-23-24(26)6-5-7-25(23)28-16-32-29(37-28)20-8-11-27(36-19(3)4)22(14-20)15-31/h5-8,11,14,16,18-19,21,26H,9-10,12-13,17H2,1-4H3,(H,33,35)/t21-,26-/m0/s1. The number of urea groups is 1. The molecule has 0 bridgehead atoms. The summed E-state index contributed by atoms with van der Waals surface area (Å²) >= 11 is 1.63. The number of ether oxygens (including phenoxy) is 1. The van der Waals surface area contributed by atoms with Gasteiger partial charge in [0.2, 0.25) is 0 Å². The smallest absolute Gasteiger partial charge is 0.317 e. The van der Waals surface area contributed by atoms with Crippen LogP contribution in [0.2, 0.25) is 0 Å². The Morgan fingerprint density at radius 3 is 2.78 bits per heavy atom. The fraction of sp³-hybridized carbons (Fsp3) is 0.433. The molecule has 1 N–H and O–H groups in total. The predicted octanol–water partition coefficient (Wildman–Crippen LogP) is 6.81. The molecule has 2 aliphatic rings. The first-order chi connectivity index (χ1) is 17.8. The van der Waals surface area contributed by atoms with E-state index in [9.17, 15) is 10.1 Å². The van der Waals surface area contributed by atoms with Crippen LogP contribution in [0.3, 0.4) is 0 Å². The highest BCUT2D eigenvalue weighted by Crippen LogP contribution is 2.41. The van der Waals surface area contributed by atoms with Crippen molar-refractivity contribution in [2.75, 3.05) is 13.1 Å². The summed E-state index contributed by atoms with van der Waals surface area (Å²) < 4.78 is 5.77. The van der Waals surface area contributed by atoms with E-state index >= 15 is 0 Å². The zero-order valence-electron chi connectivity index (χ0n) is 22.0. The number of fused-ring (bicyclic) bond motifs is 1. The Hall–Kier alpha value is -3.37. The molecule has 7 heteroatoms. The van der Waals surface area contributed by atoms with Gasteiger partial charge in [0.05, 0.1) is 22.6 Å². The average molecular weight is 515 g/mol. The number of nitrogens with one attached hydrogen (secondary N) is 1. The number of aromatic nitrogens is 1. The second-order valence-corrected chi connectivity index (χ2v) is 11.7. The molecule has 1 aliphatic heterocycles. The topological polar surface area (TPSA) is 78.2 Å². The van der Waals surface area contributed by atoms with Gasteiger partial charge in [-0.15, -0.1) is 11.3 Å². The molecule has 6 nitrogen and oxygen atoms in total. The maximum absolute atomic E-state index is 13.0. The van der Waals surface area contributed by atoms with E-state index in [1.54, 1.807) is 11.3 Å². The number of thiazole rings is 1. The lowest BCUT2D eigenvalue weighted by atomic mass is 9.95. The van der Waals surface area contributed by atoms with E-state index in [1.807, 2.05) is 43.1 Å². The van der Waals surface area contributed by atoms with Crippen LogP contribution in [0, 0.1) is 23.2 Å². The molecule has 2 atom stereocenters. The van der Waals surface area contributed by atoms with Crippen LogP contribution in [0.25, 0.3) is 21.0 Å². The van der Waals surface area contributed by atoms with Crippen LogP contribution >= 0.6 is 11.3 Å². The molecule has 2 aromatic carbocycles. The molecule has 1 saturated heterocycles. The molecule has 5 rings (SSSR count). The number of benzene rings is 2. The average Bonchev–Trinajstić information content (AvgIpc) is 3.64. The Balaban J connectivity index is 1.34. The summed E-state index contributed by atoms with van der Waals surface area (Å²) in [6.07, 6.45) is 4.85. The number of nitriles is 1. The first-order valence-electron chi connectivity index (χ1n) is 13.2. The molecule has 192 valence electrons. The van der Waals surface area contributed by atoms with Crippen LogP contribution in [0.4, 0.5) is 4.79 Å². The van der Waals surface area contributed by atoms with Crippen molar-refractivity contribution in [2.24, 2.45) is 11.8 Å². The lowest BCUT2D eigenvalue weighted by Gasteiger charge is -2.22. The van der Waals surface area contributed by atoms with Gasteiger partial charge in [-0.2, -0.15) is 5.26 Å². The van der Waals surface area contributed by atoms with E-state index in [0.29, 0.717) is 23.1 Å². The van der Waals surface area contributed by atoms with E-state index in [0.717, 1.165) is 47.8 Å². The van der Waals surface area contributed by atoms with E-state index in [1.165, 1.54) is 16.7 Å². The van der Waals surface area contributed by atoms with Gasteiger partial charge in [0.25, 0.3) is 0 Å². The Bertz CT molecular complexity index is 1340. The summed E-state index contributed by atoms with van der Waals surface area (Å²) in [4.78, 5) is 20.8. The Labute approximate surface area is 223 Å². The summed E-state index contributed by atoms with van der Waals surface area (Å²) in [5, 5.41) is 13.8. The summed E-state index contributed by atoms with van der Waals surface area (Å²) in [6, 6.07) is 14.4. The number of carbonyl (C=O) groups is 1. The molecule has 2 amide bonds. The largest absolute Gasteiger partial charge is 0.490 e. The number of hydrogen-bond acceptors (Lipinski definition) is 5. The summed E-state index contributed by atoms with van der Waals surface area (Å²) in [5.41, 5.74) is 5.11. The summed E-state index contributed by atoms with van der Waals surface area (Å²) in [6.45, 7) is 10.1. The van der Waals surface area contributed by atoms with Crippen molar-refractivity contribution in [1.29, 1.82) is 5.26 Å². The second-order valence-electron chi connectivity index (χ2n) is 10.7. The van der Waals surface area contributed by atoms with Crippen molar-refractivity contribution in [2.45, 2.75) is 59.1 Å². The Morgan fingerprint density at radius 2 is 2.05 bits per heavy atom. The Morgan fingerprint density at radius 1 is 1.22 bits per heavy atom. The van der Waals surface area contributed by atoms with Gasteiger partial charge in [-0.05, 0) is 79.8 Å². The molecule has 1 fully saturated rings. The Kier molecular flexibility index (Phi) is 7.21. The van der Waals surface area contributed by atoms with Crippen LogP contribution in [0.5, 0.6) is 5.75 Å². The van der Waals surface area contributed by atoms with Crippen LogP contribution in [-0.4, -0.2) is 35.1 Å². The number of amides is 2. The number of carbonyl (C=O) groups excluding carboxylic acids is 1. The maximum Gasteiger partial charge on any atom is 0.317 e. The third-order valence-electron chi connectivity index (χ3n) is 7.50. The molecule has 0 spiro atoms. The highest BCUT2D eigenvalue weighted by Gasteiger charge is 2.32. The molecule has 0 radical (unpaired) electrons. The van der Waals surface area contributed by atoms with Crippen molar-refractivity contribution in [3.05, 3.63) is 59.3 Å². The molecule has 1 aliphatic carbocycles. The number of hydrogen-bond donors (Lipinski definition) is 1. The third-order valence-corrected chi connectivity index (χ3v) is 8.58. The number of nitrogens with zero attached hydrogens (tertiary/aromatic N) is 3. The minimum Gasteiger partial charge on any atom is -0.490 e. The van der Waals surface area contributed by atoms with Crippen molar-refractivity contribution in [3.8, 4) is 32.8 Å². The molecular weight excluding hydrogens is 480 g/mol. The normalized spacial score (nSPS) is 18.8. The molecule has 0 saturated carbocycles. The monoisotopic (exact) mass is 514 g/mol. The van der Waals surface area contributed by atoms with Gasteiger partial charge in [0, 0.05) is 24.8 Å². The van der Waals surface area contributed by atoms with E-state index < -0.39 is 0 Å². The number of likely N-dealkylation sites (tertiary alicyclic amines) is 1. The van der Waals surface area contributed by atoms with E-state index in [2.05, 4.69) is 48.4 Å². The molecule has 1 aromatic heterocycles. The van der Waals surface area contributed by atoms with Crippen molar-refractivity contribution < 1.29 is 9.53 Å². The van der Waals surface area contributed by atoms with Gasteiger partial charge < -0.3 is 15.0 Å². The van der Waals surface area contributed by atoms with Crippen LogP contribution < -0.4 is 10.1 Å². The number of rotatable bonds is 6. The van der Waals surface area contributed by atoms with Crippen molar-refractivity contribution >= 4 is 17.4 Å². The quantitative estimate of drug-likeness (QED) is 0.392. The molecule has 37 heavy (non-hydrogen) atoms. The molecule has 0 unspecified atom stereocenters. The fourth-order valence-electron chi connectivity index (χ4n) is 5.43. The minimum absolute atomic E-state index is 0.00510. The fourth-order valence-corrected chi connectivity index (χ4v) is 6.40. The first-order valence-corrected chi connectivity index (χ1v) is 14.0. The zero-order valence-corrected chi connectivity index (χ0v) is 22.8. The van der Waals surface area contributed by atoms with Gasteiger partial charge in [0.1, 0.15) is 16.8 Å². The summed E-state index contributed by atoms with van der Waals surface area (Å²) in [5.74, 6) is 1.80. The van der Waals surface area contributed by atoms with Gasteiger partial charge in [-0.3, -0.25) is 0 Å². The molecule has 2 heterocycles. The van der Waals surface area contributed by atoms with E-state index in [-0.39, 0.29) is 18.2 Å². The zero-order chi connectivity index (χ0) is 26.1. The van der Waals surface area contributed by atoms with Gasteiger partial charge in [-0.1, -0.05) is 32.0 Å². The van der Waals surface area contributed by atoms with Gasteiger partial charge in [-0.25, -0.2) is 9.78 Å². The van der Waals surface area contributed by atoms with E-state index in [4.69, 9.17) is 4.74 Å². The van der Waals surface area contributed by atoms with Gasteiger partial charge >= 0.3 is 6.03 Å². The van der Waals surface area contributed by atoms with Crippen LogP contribution in [0.1, 0.15) is 63.3 Å². The predicted molar refractivity (Wildman–Crippen MR) is 148 cm³/mol. The SMILES string of the molecule is CC(C)Oc1ccc(-c2ncc(-c3cccc4c3CC[C@@H]4NC(=O)N3CC[C@H](C(C)C)C3)s2)cc1C#N. The van der Waals surface area contributed by atoms with Gasteiger partial charge in [0.15, 0.2) is 0 Å². The highest BCUT2D eigenvalue weighted by molar-refractivity contribution is 7.18. The molecule has 3 aromatic rings. The van der Waals surface area contributed by atoms with Crippen molar-refractivity contribution in [3.63, 3.8) is 0 Å². The van der Waals surface area contributed by atoms with Crippen LogP contribution in [-0.2, 0) is 6.42 Å². The lowest BCUT2D eigenvalue weighted by Crippen LogP contribution is -2.40. The highest BCUT2D eigenvalue weighted by atomic mass is 32.1. The first kappa shape index (κ1) is 25.3. The van der Waals surface area contributed by atoms with Crippen molar-refractivity contribution in [1.82, 2.24) is 15.2 Å². The third kappa shape index (κ3) is 5.21. The van der Waals surface area contributed by atoms with Crippen LogP contribution in [0.15, 0.2) is 42.6 Å². The second kappa shape index (κ2) is 10.5. The lowest BCUT2D eigenvalue weighted by molar-refractivity contribution is 0.201. The maximum atomic E-state index is 13.0. The minimum atomic E-state index is 0.00510. The molecular formula is C30H34N4O2S.